The van der Waals surface area contributed by atoms with Gasteiger partial charge in [0.1, 0.15) is 6.10 Å². The van der Waals surface area contributed by atoms with Gasteiger partial charge in [-0.2, -0.15) is 0 Å². The summed E-state index contributed by atoms with van der Waals surface area (Å²) in [6.07, 6.45) is 2.05. The first-order valence-corrected chi connectivity index (χ1v) is 8.67. The second-order valence-corrected chi connectivity index (χ2v) is 6.54. The molecule has 1 aromatic rings. The van der Waals surface area contributed by atoms with Crippen LogP contribution in [0.15, 0.2) is 30.3 Å². The number of morpholine rings is 1. The Morgan fingerprint density at radius 2 is 2.08 bits per heavy atom. The number of hydrogen-bond acceptors (Lipinski definition) is 4. The zero-order valence-corrected chi connectivity index (χ0v) is 16.1. The Bertz CT molecular complexity index is 498. The van der Waals surface area contributed by atoms with Crippen molar-refractivity contribution in [2.24, 2.45) is 5.92 Å². The summed E-state index contributed by atoms with van der Waals surface area (Å²) in [5.41, 5.74) is 1.28. The maximum absolute atomic E-state index is 12.4. The largest absolute Gasteiger partial charge is 0.366 e. The predicted octanol–water partition coefficient (Wildman–Crippen LogP) is 1.85. The molecular formula is C18H29Cl2N3O2. The minimum atomic E-state index is -0.344. The molecular weight excluding hydrogens is 361 g/mol. The SMILES string of the molecule is Cl.Cl.O=C(NCC1CCCNC1)C1CN(Cc2ccccc2)CCO1. The van der Waals surface area contributed by atoms with E-state index in [2.05, 4.69) is 39.8 Å². The van der Waals surface area contributed by atoms with Crippen molar-refractivity contribution >= 4 is 30.7 Å². The van der Waals surface area contributed by atoms with Crippen LogP contribution in [0.5, 0.6) is 0 Å². The molecule has 1 aromatic carbocycles. The first kappa shape index (κ1) is 22.2. The third-order valence-corrected chi connectivity index (χ3v) is 4.66. The smallest absolute Gasteiger partial charge is 0.250 e. The van der Waals surface area contributed by atoms with Crippen molar-refractivity contribution in [2.45, 2.75) is 25.5 Å². The van der Waals surface area contributed by atoms with Crippen molar-refractivity contribution in [1.29, 1.82) is 0 Å². The van der Waals surface area contributed by atoms with Crippen LogP contribution in [0.1, 0.15) is 18.4 Å². The molecule has 25 heavy (non-hydrogen) atoms. The van der Waals surface area contributed by atoms with E-state index in [1.807, 2.05) is 6.07 Å². The van der Waals surface area contributed by atoms with E-state index in [0.29, 0.717) is 19.1 Å². The van der Waals surface area contributed by atoms with E-state index >= 15 is 0 Å². The van der Waals surface area contributed by atoms with Crippen molar-refractivity contribution in [1.82, 2.24) is 15.5 Å². The normalized spacial score (nSPS) is 23.8. The number of piperidine rings is 1. The Morgan fingerprint density at radius 1 is 1.28 bits per heavy atom. The average Bonchev–Trinajstić information content (AvgIpc) is 2.62. The van der Waals surface area contributed by atoms with Gasteiger partial charge in [0.25, 0.3) is 0 Å². The number of rotatable bonds is 5. The van der Waals surface area contributed by atoms with Crippen molar-refractivity contribution in [3.63, 3.8) is 0 Å². The molecule has 2 aliphatic rings. The van der Waals surface area contributed by atoms with Crippen molar-refractivity contribution in [2.75, 3.05) is 39.3 Å². The average molecular weight is 390 g/mol. The fourth-order valence-corrected chi connectivity index (χ4v) is 3.30. The van der Waals surface area contributed by atoms with Gasteiger partial charge in [-0.1, -0.05) is 30.3 Å². The van der Waals surface area contributed by atoms with Gasteiger partial charge >= 0.3 is 0 Å². The van der Waals surface area contributed by atoms with Crippen LogP contribution in [0.3, 0.4) is 0 Å². The van der Waals surface area contributed by atoms with Crippen molar-refractivity contribution in [3.05, 3.63) is 35.9 Å². The second kappa shape index (κ2) is 11.7. The summed E-state index contributed by atoms with van der Waals surface area (Å²) in [4.78, 5) is 14.7. The molecule has 5 nitrogen and oxygen atoms in total. The quantitative estimate of drug-likeness (QED) is 0.806. The van der Waals surface area contributed by atoms with Crippen LogP contribution in [-0.4, -0.2) is 56.2 Å². The number of nitrogens with one attached hydrogen (secondary N) is 2. The van der Waals surface area contributed by atoms with E-state index in [0.717, 1.165) is 32.7 Å². The monoisotopic (exact) mass is 389 g/mol. The van der Waals surface area contributed by atoms with Gasteiger partial charge < -0.3 is 15.4 Å². The van der Waals surface area contributed by atoms with Gasteiger partial charge in [-0.05, 0) is 37.4 Å². The van der Waals surface area contributed by atoms with Crippen LogP contribution in [0, 0.1) is 5.92 Å². The summed E-state index contributed by atoms with van der Waals surface area (Å²) in [5, 5.41) is 6.46. The minimum Gasteiger partial charge on any atom is -0.366 e. The molecule has 0 aromatic heterocycles. The number of hydrogen-bond donors (Lipinski definition) is 2. The van der Waals surface area contributed by atoms with E-state index in [4.69, 9.17) is 4.74 Å². The molecule has 0 saturated carbocycles. The lowest BCUT2D eigenvalue weighted by molar-refractivity contribution is -0.139. The van der Waals surface area contributed by atoms with Crippen LogP contribution in [0.25, 0.3) is 0 Å². The molecule has 1 amide bonds. The molecule has 2 saturated heterocycles. The topological polar surface area (TPSA) is 53.6 Å². The Morgan fingerprint density at radius 3 is 2.80 bits per heavy atom. The molecule has 2 fully saturated rings. The second-order valence-electron chi connectivity index (χ2n) is 6.54. The number of benzene rings is 1. The van der Waals surface area contributed by atoms with E-state index < -0.39 is 0 Å². The van der Waals surface area contributed by atoms with Gasteiger partial charge in [0.15, 0.2) is 0 Å². The molecule has 2 unspecified atom stereocenters. The minimum absolute atomic E-state index is 0. The number of carbonyl (C=O) groups excluding carboxylic acids is 1. The van der Waals surface area contributed by atoms with Gasteiger partial charge in [-0.3, -0.25) is 9.69 Å². The van der Waals surface area contributed by atoms with E-state index in [1.54, 1.807) is 0 Å². The molecule has 2 aliphatic heterocycles. The Balaban J connectivity index is 0.00000156. The van der Waals surface area contributed by atoms with Gasteiger partial charge in [0.2, 0.25) is 5.91 Å². The number of nitrogens with zero attached hydrogens (tertiary/aromatic N) is 1. The molecule has 142 valence electrons. The lowest BCUT2D eigenvalue weighted by Crippen LogP contribution is -2.50. The first-order valence-electron chi connectivity index (χ1n) is 8.67. The molecule has 0 spiro atoms. The molecule has 2 heterocycles. The third-order valence-electron chi connectivity index (χ3n) is 4.66. The van der Waals surface area contributed by atoms with Crippen molar-refractivity contribution < 1.29 is 9.53 Å². The zero-order chi connectivity index (χ0) is 15.9. The molecule has 7 heteroatoms. The number of ether oxygens (including phenoxy) is 1. The maximum Gasteiger partial charge on any atom is 0.250 e. The molecule has 2 atom stereocenters. The van der Waals surface area contributed by atoms with Gasteiger partial charge in [0, 0.05) is 26.2 Å². The Labute approximate surface area is 162 Å². The van der Waals surface area contributed by atoms with Crippen molar-refractivity contribution in [3.8, 4) is 0 Å². The van der Waals surface area contributed by atoms with Gasteiger partial charge in [-0.15, -0.1) is 24.8 Å². The lowest BCUT2D eigenvalue weighted by Gasteiger charge is -2.32. The van der Waals surface area contributed by atoms with Crippen LogP contribution in [0.4, 0.5) is 0 Å². The van der Waals surface area contributed by atoms with Crippen LogP contribution < -0.4 is 10.6 Å². The summed E-state index contributed by atoms with van der Waals surface area (Å²) in [6.45, 7) is 5.91. The molecule has 0 radical (unpaired) electrons. The van der Waals surface area contributed by atoms with E-state index in [1.165, 1.54) is 18.4 Å². The highest BCUT2D eigenvalue weighted by molar-refractivity contribution is 5.85. The van der Waals surface area contributed by atoms with Gasteiger partial charge in [0.05, 0.1) is 6.61 Å². The van der Waals surface area contributed by atoms with Crippen LogP contribution >= 0.6 is 24.8 Å². The standard InChI is InChI=1S/C18H27N3O2.2ClH/c22-18(20-12-16-7-4-8-19-11-16)17-14-21(9-10-23-17)13-15-5-2-1-3-6-15;;/h1-3,5-6,16-17,19H,4,7-14H2,(H,20,22);2*1H. The van der Waals surface area contributed by atoms with Crippen LogP contribution in [0.2, 0.25) is 0 Å². The third kappa shape index (κ3) is 7.12. The highest BCUT2D eigenvalue weighted by atomic mass is 35.5. The maximum atomic E-state index is 12.4. The number of amides is 1. The van der Waals surface area contributed by atoms with Crippen LogP contribution in [-0.2, 0) is 16.1 Å². The van der Waals surface area contributed by atoms with Gasteiger partial charge in [-0.25, -0.2) is 0 Å². The summed E-state index contributed by atoms with van der Waals surface area (Å²) in [7, 11) is 0. The fourth-order valence-electron chi connectivity index (χ4n) is 3.30. The summed E-state index contributed by atoms with van der Waals surface area (Å²) >= 11 is 0. The molecule has 3 rings (SSSR count). The predicted molar refractivity (Wildman–Crippen MR) is 105 cm³/mol. The lowest BCUT2D eigenvalue weighted by atomic mass is 10.00. The summed E-state index contributed by atoms with van der Waals surface area (Å²) < 4.78 is 5.68. The van der Waals surface area contributed by atoms with E-state index in [-0.39, 0.29) is 36.8 Å². The molecule has 2 N–H and O–H groups in total. The Hall–Kier alpha value is -0.850. The van der Waals surface area contributed by atoms with E-state index in [9.17, 15) is 4.79 Å². The fraction of sp³-hybridized carbons (Fsp3) is 0.611. The zero-order valence-electron chi connectivity index (χ0n) is 14.5. The highest BCUT2D eigenvalue weighted by Gasteiger charge is 2.27. The Kier molecular flexibility index (Phi) is 10.4. The first-order chi connectivity index (χ1) is 11.3. The number of carbonyl (C=O) groups is 1. The highest BCUT2D eigenvalue weighted by Crippen LogP contribution is 2.12. The number of halogens is 2. The molecule has 0 aliphatic carbocycles. The summed E-state index contributed by atoms with van der Waals surface area (Å²) in [6, 6.07) is 10.4. The summed E-state index contributed by atoms with van der Waals surface area (Å²) in [5.74, 6) is 0.588. The molecule has 0 bridgehead atoms.